The van der Waals surface area contributed by atoms with Gasteiger partial charge < -0.3 is 10.4 Å². The minimum absolute atomic E-state index is 0.138. The summed E-state index contributed by atoms with van der Waals surface area (Å²) in [5.74, 6) is 1.29. The summed E-state index contributed by atoms with van der Waals surface area (Å²) in [6.07, 6.45) is 10.9. The van der Waals surface area contributed by atoms with E-state index in [2.05, 4.69) is 12.2 Å². The third kappa shape index (κ3) is 4.79. The summed E-state index contributed by atoms with van der Waals surface area (Å²) in [6.45, 7) is 2.64. The van der Waals surface area contributed by atoms with Gasteiger partial charge in [0, 0.05) is 13.0 Å². The average molecular weight is 267 g/mol. The topological polar surface area (TPSA) is 49.3 Å². The summed E-state index contributed by atoms with van der Waals surface area (Å²) in [5, 5.41) is 13.5. The summed E-state index contributed by atoms with van der Waals surface area (Å²) >= 11 is 0. The predicted molar refractivity (Wildman–Crippen MR) is 76.8 cm³/mol. The van der Waals surface area contributed by atoms with Gasteiger partial charge in [0.2, 0.25) is 5.91 Å². The van der Waals surface area contributed by atoms with Crippen molar-refractivity contribution in [1.82, 2.24) is 5.32 Å². The van der Waals surface area contributed by atoms with E-state index in [1.165, 1.54) is 38.5 Å². The molecule has 2 aliphatic carbocycles. The van der Waals surface area contributed by atoms with Crippen LogP contribution in [0.3, 0.4) is 0 Å². The number of hydrogen-bond acceptors (Lipinski definition) is 2. The van der Waals surface area contributed by atoms with Crippen molar-refractivity contribution in [3.8, 4) is 0 Å². The summed E-state index contributed by atoms with van der Waals surface area (Å²) in [6, 6.07) is 0. The van der Waals surface area contributed by atoms with E-state index in [4.69, 9.17) is 0 Å². The Bertz CT molecular complexity index is 299. The van der Waals surface area contributed by atoms with Crippen molar-refractivity contribution >= 4 is 5.91 Å². The molecule has 2 fully saturated rings. The smallest absolute Gasteiger partial charge is 0.220 e. The molecule has 0 radical (unpaired) electrons. The molecule has 2 atom stereocenters. The van der Waals surface area contributed by atoms with Crippen LogP contribution in [0.1, 0.15) is 71.1 Å². The van der Waals surface area contributed by atoms with Gasteiger partial charge in [-0.1, -0.05) is 39.0 Å². The zero-order valence-corrected chi connectivity index (χ0v) is 12.3. The first-order chi connectivity index (χ1) is 9.07. The molecule has 2 N–H and O–H groups in total. The van der Waals surface area contributed by atoms with Crippen molar-refractivity contribution in [1.29, 1.82) is 0 Å². The molecule has 0 saturated heterocycles. The second-order valence-electron chi connectivity index (χ2n) is 6.91. The first kappa shape index (κ1) is 14.8. The minimum atomic E-state index is -0.653. The number of carbonyl (C=O) groups is 1. The SMILES string of the molecule is CC1CCCC(O)(CNC(=O)CC2CCCCC2)C1. The lowest BCUT2D eigenvalue weighted by molar-refractivity contribution is -0.124. The molecule has 0 bridgehead atoms. The highest BCUT2D eigenvalue weighted by molar-refractivity contribution is 5.76. The highest BCUT2D eigenvalue weighted by Crippen LogP contribution is 2.32. The first-order valence-electron chi connectivity index (χ1n) is 8.06. The van der Waals surface area contributed by atoms with Gasteiger partial charge in [-0.15, -0.1) is 0 Å². The van der Waals surface area contributed by atoms with Gasteiger partial charge >= 0.3 is 0 Å². The van der Waals surface area contributed by atoms with E-state index in [-0.39, 0.29) is 5.91 Å². The Labute approximate surface area is 117 Å². The van der Waals surface area contributed by atoms with Gasteiger partial charge in [-0.05, 0) is 37.5 Å². The van der Waals surface area contributed by atoms with E-state index in [0.29, 0.717) is 24.8 Å². The molecule has 0 aliphatic heterocycles. The van der Waals surface area contributed by atoms with Crippen LogP contribution >= 0.6 is 0 Å². The Balaban J connectivity index is 1.70. The van der Waals surface area contributed by atoms with Crippen molar-refractivity contribution in [3.63, 3.8) is 0 Å². The monoisotopic (exact) mass is 267 g/mol. The van der Waals surface area contributed by atoms with Crippen LogP contribution in [0.25, 0.3) is 0 Å². The van der Waals surface area contributed by atoms with Gasteiger partial charge in [0.25, 0.3) is 0 Å². The number of aliphatic hydroxyl groups is 1. The van der Waals surface area contributed by atoms with Crippen LogP contribution in [0, 0.1) is 11.8 Å². The fourth-order valence-corrected chi connectivity index (χ4v) is 3.78. The standard InChI is InChI=1S/C16H29NO2/c1-13-6-5-9-16(19,11-13)12-17-15(18)10-14-7-3-2-4-8-14/h13-14,19H,2-12H2,1H3,(H,17,18). The molecule has 0 aromatic carbocycles. The number of amides is 1. The fraction of sp³-hybridized carbons (Fsp3) is 0.938. The molecule has 110 valence electrons. The van der Waals surface area contributed by atoms with Crippen molar-refractivity contribution in [3.05, 3.63) is 0 Å². The summed E-state index contributed by atoms with van der Waals surface area (Å²) in [5.41, 5.74) is -0.653. The highest BCUT2D eigenvalue weighted by atomic mass is 16.3. The maximum absolute atomic E-state index is 12.0. The Morgan fingerprint density at radius 2 is 1.95 bits per heavy atom. The van der Waals surface area contributed by atoms with Gasteiger partial charge in [0.1, 0.15) is 0 Å². The third-order valence-corrected chi connectivity index (χ3v) is 4.88. The number of carbonyl (C=O) groups excluding carboxylic acids is 1. The summed E-state index contributed by atoms with van der Waals surface area (Å²) < 4.78 is 0. The minimum Gasteiger partial charge on any atom is -0.388 e. The first-order valence-corrected chi connectivity index (χ1v) is 8.06. The van der Waals surface area contributed by atoms with Crippen LogP contribution in [-0.4, -0.2) is 23.2 Å². The van der Waals surface area contributed by atoms with E-state index in [1.807, 2.05) is 0 Å². The molecule has 3 heteroatoms. The fourth-order valence-electron chi connectivity index (χ4n) is 3.78. The Kier molecular flexibility index (Phi) is 5.26. The van der Waals surface area contributed by atoms with Gasteiger partial charge in [-0.25, -0.2) is 0 Å². The molecule has 2 rings (SSSR count). The lowest BCUT2D eigenvalue weighted by atomic mass is 9.79. The Morgan fingerprint density at radius 3 is 2.63 bits per heavy atom. The Hall–Kier alpha value is -0.570. The van der Waals surface area contributed by atoms with E-state index in [1.54, 1.807) is 0 Å². The quantitative estimate of drug-likeness (QED) is 0.822. The lowest BCUT2D eigenvalue weighted by Crippen LogP contribution is -2.46. The van der Waals surface area contributed by atoms with Gasteiger partial charge in [0.15, 0.2) is 0 Å². The van der Waals surface area contributed by atoms with Crippen molar-refractivity contribution in [2.75, 3.05) is 6.54 Å². The molecule has 0 heterocycles. The van der Waals surface area contributed by atoms with Crippen LogP contribution in [0.4, 0.5) is 0 Å². The molecule has 0 aromatic rings. The lowest BCUT2D eigenvalue weighted by Gasteiger charge is -2.35. The van der Waals surface area contributed by atoms with Gasteiger partial charge in [0.05, 0.1) is 5.60 Å². The van der Waals surface area contributed by atoms with Crippen LogP contribution in [0.2, 0.25) is 0 Å². The molecular formula is C16H29NO2. The van der Waals surface area contributed by atoms with Crippen molar-refractivity contribution < 1.29 is 9.90 Å². The maximum Gasteiger partial charge on any atom is 0.220 e. The van der Waals surface area contributed by atoms with Crippen LogP contribution in [0.5, 0.6) is 0 Å². The van der Waals surface area contributed by atoms with Crippen LogP contribution in [0.15, 0.2) is 0 Å². The van der Waals surface area contributed by atoms with Crippen LogP contribution < -0.4 is 5.32 Å². The zero-order chi connectivity index (χ0) is 13.7. The normalized spacial score (nSPS) is 33.1. The number of nitrogens with one attached hydrogen (secondary N) is 1. The summed E-state index contributed by atoms with van der Waals surface area (Å²) in [7, 11) is 0. The Morgan fingerprint density at radius 1 is 1.21 bits per heavy atom. The average Bonchev–Trinajstić information content (AvgIpc) is 2.38. The second kappa shape index (κ2) is 6.74. The van der Waals surface area contributed by atoms with Gasteiger partial charge in [-0.2, -0.15) is 0 Å². The van der Waals surface area contributed by atoms with E-state index < -0.39 is 5.60 Å². The highest BCUT2D eigenvalue weighted by Gasteiger charge is 2.33. The maximum atomic E-state index is 12.0. The van der Waals surface area contributed by atoms with Crippen molar-refractivity contribution in [2.24, 2.45) is 11.8 Å². The number of hydrogen-bond donors (Lipinski definition) is 2. The molecule has 0 spiro atoms. The van der Waals surface area contributed by atoms with E-state index in [0.717, 1.165) is 19.3 Å². The molecule has 19 heavy (non-hydrogen) atoms. The molecule has 3 nitrogen and oxygen atoms in total. The second-order valence-corrected chi connectivity index (χ2v) is 6.91. The third-order valence-electron chi connectivity index (χ3n) is 4.88. The molecule has 2 unspecified atom stereocenters. The number of rotatable bonds is 4. The van der Waals surface area contributed by atoms with Gasteiger partial charge in [-0.3, -0.25) is 4.79 Å². The molecular weight excluding hydrogens is 238 g/mol. The van der Waals surface area contributed by atoms with Crippen molar-refractivity contribution in [2.45, 2.75) is 76.7 Å². The predicted octanol–water partition coefficient (Wildman–Crippen LogP) is 3.01. The van der Waals surface area contributed by atoms with E-state index >= 15 is 0 Å². The van der Waals surface area contributed by atoms with Crippen LogP contribution in [-0.2, 0) is 4.79 Å². The van der Waals surface area contributed by atoms with E-state index in [9.17, 15) is 9.90 Å². The summed E-state index contributed by atoms with van der Waals surface area (Å²) in [4.78, 5) is 12.0. The molecule has 0 aromatic heterocycles. The molecule has 2 saturated carbocycles. The molecule has 2 aliphatic rings. The zero-order valence-electron chi connectivity index (χ0n) is 12.3. The molecule has 1 amide bonds. The largest absolute Gasteiger partial charge is 0.388 e.